The van der Waals surface area contributed by atoms with E-state index in [1.807, 2.05) is 42.5 Å². The van der Waals surface area contributed by atoms with Crippen LogP contribution >= 0.6 is 0 Å². The van der Waals surface area contributed by atoms with Crippen LogP contribution in [-0.2, 0) is 18.9 Å². The first-order chi connectivity index (χ1) is 15.1. The lowest BCUT2D eigenvalue weighted by Crippen LogP contribution is -2.64. The topological polar surface area (TPSA) is 99.4 Å². The van der Waals surface area contributed by atoms with Crippen LogP contribution in [0, 0.1) is 0 Å². The smallest absolute Gasteiger partial charge is 0.336 e. The summed E-state index contributed by atoms with van der Waals surface area (Å²) in [6, 6.07) is 17.4. The van der Waals surface area contributed by atoms with Gasteiger partial charge in [0, 0.05) is 35.9 Å². The maximum absolute atomic E-state index is 11.5. The summed E-state index contributed by atoms with van der Waals surface area (Å²) in [4.78, 5) is 11.5. The van der Waals surface area contributed by atoms with Gasteiger partial charge in [0.15, 0.2) is 12.6 Å². The minimum atomic E-state index is -0.933. The zero-order valence-corrected chi connectivity index (χ0v) is 16.8. The van der Waals surface area contributed by atoms with E-state index in [1.54, 1.807) is 12.1 Å². The van der Waals surface area contributed by atoms with Crippen LogP contribution in [0.4, 0.5) is 5.69 Å². The molecule has 0 bridgehead atoms. The lowest BCUT2D eigenvalue weighted by molar-refractivity contribution is -0.337. The molecule has 0 radical (unpaired) electrons. The number of anilines is 1. The monoisotopic (exact) mass is 425 g/mol. The molecular formula is C23H23NO7. The maximum atomic E-state index is 11.5. The van der Waals surface area contributed by atoms with Crippen LogP contribution in [0.25, 0.3) is 11.0 Å². The number of hydrogen-bond acceptors (Lipinski definition) is 8. The molecule has 0 spiro atoms. The van der Waals surface area contributed by atoms with Crippen molar-refractivity contribution in [2.45, 2.75) is 36.9 Å². The molecule has 3 heterocycles. The summed E-state index contributed by atoms with van der Waals surface area (Å²) in [6.07, 6.45) is -3.32. The molecule has 2 fully saturated rings. The van der Waals surface area contributed by atoms with Gasteiger partial charge in [-0.1, -0.05) is 30.3 Å². The SMILES string of the molecule is CO[C@H]1OC2COC(c3ccccc3)O[C@H]2C(O)[C@@H]1Nc1ccc2ccc(=O)oc2c1. The molecule has 2 aromatic carbocycles. The second-order valence-electron chi connectivity index (χ2n) is 7.62. The van der Waals surface area contributed by atoms with Crippen molar-refractivity contribution in [3.63, 3.8) is 0 Å². The van der Waals surface area contributed by atoms with Crippen molar-refractivity contribution in [2.24, 2.45) is 0 Å². The fraction of sp³-hybridized carbons (Fsp3) is 0.348. The summed E-state index contributed by atoms with van der Waals surface area (Å²) in [5.74, 6) is 0. The molecule has 2 N–H and O–H groups in total. The average molecular weight is 425 g/mol. The van der Waals surface area contributed by atoms with E-state index in [2.05, 4.69) is 5.32 Å². The second-order valence-corrected chi connectivity index (χ2v) is 7.62. The van der Waals surface area contributed by atoms with Crippen molar-refractivity contribution in [3.8, 4) is 0 Å². The van der Waals surface area contributed by atoms with E-state index in [0.29, 0.717) is 11.3 Å². The van der Waals surface area contributed by atoms with E-state index < -0.39 is 42.6 Å². The number of methoxy groups -OCH3 is 1. The normalized spacial score (nSPS) is 30.6. The Morgan fingerprint density at radius 1 is 1.06 bits per heavy atom. The highest BCUT2D eigenvalue weighted by Crippen LogP contribution is 2.35. The van der Waals surface area contributed by atoms with E-state index >= 15 is 0 Å². The molecule has 31 heavy (non-hydrogen) atoms. The van der Waals surface area contributed by atoms with Gasteiger partial charge in [0.05, 0.1) is 6.61 Å². The zero-order valence-electron chi connectivity index (χ0n) is 16.8. The molecule has 2 aliphatic heterocycles. The Bertz CT molecular complexity index is 1100. The Kier molecular flexibility index (Phi) is 5.47. The highest BCUT2D eigenvalue weighted by Gasteiger charge is 2.49. The fourth-order valence-electron chi connectivity index (χ4n) is 4.07. The quantitative estimate of drug-likeness (QED) is 0.615. The van der Waals surface area contributed by atoms with Crippen molar-refractivity contribution in [2.75, 3.05) is 19.0 Å². The van der Waals surface area contributed by atoms with Crippen molar-refractivity contribution in [3.05, 3.63) is 76.6 Å². The molecule has 2 saturated heterocycles. The molecule has 0 amide bonds. The molecule has 8 heteroatoms. The molecule has 0 aliphatic carbocycles. The van der Waals surface area contributed by atoms with Crippen LogP contribution in [0.15, 0.2) is 69.9 Å². The number of benzene rings is 2. The van der Waals surface area contributed by atoms with Gasteiger partial charge in [-0.05, 0) is 18.2 Å². The summed E-state index contributed by atoms with van der Waals surface area (Å²) < 4.78 is 28.7. The van der Waals surface area contributed by atoms with Crippen LogP contribution in [0.2, 0.25) is 0 Å². The number of aliphatic hydroxyl groups excluding tert-OH is 1. The third-order valence-electron chi connectivity index (χ3n) is 5.63. The van der Waals surface area contributed by atoms with E-state index in [4.69, 9.17) is 23.4 Å². The van der Waals surface area contributed by atoms with Gasteiger partial charge in [-0.15, -0.1) is 0 Å². The summed E-state index contributed by atoms with van der Waals surface area (Å²) in [6.45, 7) is 0.273. The van der Waals surface area contributed by atoms with Crippen LogP contribution < -0.4 is 10.9 Å². The summed E-state index contributed by atoms with van der Waals surface area (Å²) >= 11 is 0. The molecule has 5 rings (SSSR count). The highest BCUT2D eigenvalue weighted by atomic mass is 16.7. The van der Waals surface area contributed by atoms with E-state index in [1.165, 1.54) is 13.2 Å². The first kappa shape index (κ1) is 20.2. The third-order valence-corrected chi connectivity index (χ3v) is 5.63. The minimum absolute atomic E-state index is 0.273. The third kappa shape index (κ3) is 3.96. The van der Waals surface area contributed by atoms with Gasteiger partial charge < -0.3 is 33.8 Å². The van der Waals surface area contributed by atoms with Crippen LogP contribution in [0.3, 0.4) is 0 Å². The number of nitrogens with one attached hydrogen (secondary N) is 1. The van der Waals surface area contributed by atoms with Gasteiger partial charge in [-0.3, -0.25) is 0 Å². The number of ether oxygens (including phenoxy) is 4. The Hall–Kier alpha value is -2.75. The largest absolute Gasteiger partial charge is 0.423 e. The predicted octanol–water partition coefficient (Wildman–Crippen LogP) is 2.42. The standard InChI is InChI=1S/C23H23NO7/c1-27-23-19(24-15-9-7-13-8-10-18(25)29-16(13)11-15)20(26)21-17(30-23)12-28-22(31-21)14-5-3-2-4-6-14/h2-11,17,19-24,26H,12H2,1H3/t17?,19-,20?,21+,22?,23-/m0/s1. The molecule has 6 atom stereocenters. The van der Waals surface area contributed by atoms with Gasteiger partial charge in [0.1, 0.15) is 29.9 Å². The first-order valence-electron chi connectivity index (χ1n) is 10.1. The molecular weight excluding hydrogens is 402 g/mol. The van der Waals surface area contributed by atoms with Gasteiger partial charge >= 0.3 is 5.63 Å². The summed E-state index contributed by atoms with van der Waals surface area (Å²) in [7, 11) is 1.52. The Balaban J connectivity index is 1.38. The number of fused-ring (bicyclic) bond motifs is 2. The maximum Gasteiger partial charge on any atom is 0.336 e. The minimum Gasteiger partial charge on any atom is -0.423 e. The number of rotatable bonds is 4. The van der Waals surface area contributed by atoms with Crippen LogP contribution in [0.5, 0.6) is 0 Å². The van der Waals surface area contributed by atoms with Gasteiger partial charge in [0.25, 0.3) is 0 Å². The fourth-order valence-corrected chi connectivity index (χ4v) is 4.07. The number of aliphatic hydroxyl groups is 1. The Morgan fingerprint density at radius 3 is 2.68 bits per heavy atom. The summed E-state index contributed by atoms with van der Waals surface area (Å²) in [5, 5.41) is 15.2. The molecule has 2 aliphatic rings. The molecule has 162 valence electrons. The highest BCUT2D eigenvalue weighted by molar-refractivity contribution is 5.80. The number of hydrogen-bond donors (Lipinski definition) is 2. The average Bonchev–Trinajstić information content (AvgIpc) is 2.81. The lowest BCUT2D eigenvalue weighted by Gasteiger charge is -2.47. The zero-order chi connectivity index (χ0) is 21.4. The van der Waals surface area contributed by atoms with Crippen molar-refractivity contribution in [1.82, 2.24) is 0 Å². The summed E-state index contributed by atoms with van der Waals surface area (Å²) in [5.41, 5.74) is 1.55. The van der Waals surface area contributed by atoms with Crippen LogP contribution in [0.1, 0.15) is 11.9 Å². The Morgan fingerprint density at radius 2 is 1.87 bits per heavy atom. The second kappa shape index (κ2) is 8.41. The van der Waals surface area contributed by atoms with Crippen molar-refractivity contribution in [1.29, 1.82) is 0 Å². The van der Waals surface area contributed by atoms with E-state index in [9.17, 15) is 9.90 Å². The molecule has 1 aromatic heterocycles. The molecule has 3 aromatic rings. The first-order valence-corrected chi connectivity index (χ1v) is 10.1. The van der Waals surface area contributed by atoms with E-state index in [0.717, 1.165) is 10.9 Å². The van der Waals surface area contributed by atoms with Crippen molar-refractivity contribution < 1.29 is 28.5 Å². The van der Waals surface area contributed by atoms with E-state index in [-0.39, 0.29) is 6.61 Å². The van der Waals surface area contributed by atoms with Crippen molar-refractivity contribution >= 4 is 16.7 Å². The predicted molar refractivity (Wildman–Crippen MR) is 112 cm³/mol. The Labute approximate surface area is 178 Å². The molecule has 0 saturated carbocycles. The molecule has 8 nitrogen and oxygen atoms in total. The lowest BCUT2D eigenvalue weighted by atomic mass is 9.95. The van der Waals surface area contributed by atoms with Gasteiger partial charge in [-0.2, -0.15) is 0 Å². The van der Waals surface area contributed by atoms with Crippen LogP contribution in [-0.4, -0.2) is 49.5 Å². The van der Waals surface area contributed by atoms with Gasteiger partial charge in [-0.25, -0.2) is 4.79 Å². The van der Waals surface area contributed by atoms with Gasteiger partial charge in [0.2, 0.25) is 0 Å². The molecule has 3 unspecified atom stereocenters.